The molecule has 4 heteroatoms. The molecule has 0 radical (unpaired) electrons. The van der Waals surface area contributed by atoms with Crippen molar-refractivity contribution in [3.05, 3.63) is 17.7 Å². The lowest BCUT2D eigenvalue weighted by Gasteiger charge is -2.19. The molecule has 0 aromatic heterocycles. The van der Waals surface area contributed by atoms with Gasteiger partial charge in [-0.05, 0) is 29.9 Å². The van der Waals surface area contributed by atoms with Crippen molar-refractivity contribution >= 4 is 11.6 Å². The molecule has 2 rings (SSSR count). The monoisotopic (exact) mass is 284 g/mol. The Morgan fingerprint density at radius 2 is 1.68 bits per heavy atom. The summed E-state index contributed by atoms with van der Waals surface area (Å²) in [6, 6.07) is 3.84. The molecule has 106 valence electrons. The van der Waals surface area contributed by atoms with Gasteiger partial charge in [-0.25, -0.2) is 0 Å². The first kappa shape index (κ1) is 14.3. The van der Waals surface area contributed by atoms with E-state index in [4.69, 9.17) is 25.8 Å². The lowest BCUT2D eigenvalue weighted by Crippen LogP contribution is -2.04. The van der Waals surface area contributed by atoms with E-state index in [2.05, 4.69) is 13.8 Å². The van der Waals surface area contributed by atoms with Gasteiger partial charge in [0, 0.05) is 5.56 Å². The van der Waals surface area contributed by atoms with Gasteiger partial charge in [0.15, 0.2) is 11.5 Å². The van der Waals surface area contributed by atoms with Crippen LogP contribution in [-0.4, -0.2) is 21.3 Å². The van der Waals surface area contributed by atoms with Gasteiger partial charge in [0.05, 0.1) is 26.7 Å². The molecule has 2 unspecified atom stereocenters. The standard InChI is InChI=1S/C15H21ClO3/c1-15(2)8-10(15)12(16)9-6-7-11(17-3)14(19-5)13(9)18-4/h6-7,10,12H,8H2,1-5H3. The van der Waals surface area contributed by atoms with Gasteiger partial charge in [0.25, 0.3) is 0 Å². The molecule has 0 spiro atoms. The summed E-state index contributed by atoms with van der Waals surface area (Å²) in [5.41, 5.74) is 1.28. The summed E-state index contributed by atoms with van der Waals surface area (Å²) in [7, 11) is 4.84. The zero-order chi connectivity index (χ0) is 14.2. The molecule has 19 heavy (non-hydrogen) atoms. The van der Waals surface area contributed by atoms with E-state index in [0.29, 0.717) is 28.6 Å². The highest BCUT2D eigenvalue weighted by atomic mass is 35.5. The number of hydrogen-bond donors (Lipinski definition) is 0. The molecule has 0 saturated heterocycles. The Labute approximate surface area is 119 Å². The van der Waals surface area contributed by atoms with Crippen molar-refractivity contribution in [3.8, 4) is 17.2 Å². The summed E-state index contributed by atoms with van der Waals surface area (Å²) in [6.45, 7) is 4.47. The fourth-order valence-corrected chi connectivity index (χ4v) is 3.17. The molecule has 1 aliphatic carbocycles. The van der Waals surface area contributed by atoms with Gasteiger partial charge < -0.3 is 14.2 Å². The molecule has 3 nitrogen and oxygen atoms in total. The van der Waals surface area contributed by atoms with E-state index in [1.54, 1.807) is 21.3 Å². The van der Waals surface area contributed by atoms with Crippen molar-refractivity contribution in [2.75, 3.05) is 21.3 Å². The Bertz CT molecular complexity index is 471. The van der Waals surface area contributed by atoms with E-state index in [1.165, 1.54) is 0 Å². The van der Waals surface area contributed by atoms with Crippen molar-refractivity contribution in [1.29, 1.82) is 0 Å². The molecule has 1 fully saturated rings. The van der Waals surface area contributed by atoms with E-state index in [0.717, 1.165) is 12.0 Å². The maximum atomic E-state index is 6.62. The minimum atomic E-state index is -0.0650. The average molecular weight is 285 g/mol. The second kappa shape index (κ2) is 5.12. The Kier molecular flexibility index (Phi) is 3.86. The Balaban J connectivity index is 2.40. The highest BCUT2D eigenvalue weighted by molar-refractivity contribution is 6.21. The second-order valence-corrected chi connectivity index (χ2v) is 6.09. The Morgan fingerprint density at radius 1 is 1.11 bits per heavy atom. The van der Waals surface area contributed by atoms with Crippen LogP contribution in [0.3, 0.4) is 0 Å². The van der Waals surface area contributed by atoms with E-state index in [-0.39, 0.29) is 5.38 Å². The maximum absolute atomic E-state index is 6.62. The number of benzene rings is 1. The van der Waals surface area contributed by atoms with Crippen molar-refractivity contribution in [2.45, 2.75) is 25.6 Å². The van der Waals surface area contributed by atoms with Crippen molar-refractivity contribution in [2.24, 2.45) is 11.3 Å². The van der Waals surface area contributed by atoms with E-state index in [1.807, 2.05) is 12.1 Å². The second-order valence-electron chi connectivity index (χ2n) is 5.62. The molecule has 1 aromatic rings. The molecule has 0 aliphatic heterocycles. The van der Waals surface area contributed by atoms with Crippen LogP contribution in [0, 0.1) is 11.3 Å². The maximum Gasteiger partial charge on any atom is 0.203 e. The first-order valence-corrected chi connectivity index (χ1v) is 6.82. The molecule has 1 saturated carbocycles. The summed E-state index contributed by atoms with van der Waals surface area (Å²) in [5, 5.41) is -0.0650. The summed E-state index contributed by atoms with van der Waals surface area (Å²) >= 11 is 6.62. The number of ether oxygens (including phenoxy) is 3. The van der Waals surface area contributed by atoms with Gasteiger partial charge in [-0.15, -0.1) is 11.6 Å². The van der Waals surface area contributed by atoms with Crippen molar-refractivity contribution in [1.82, 2.24) is 0 Å². The van der Waals surface area contributed by atoms with E-state index < -0.39 is 0 Å². The van der Waals surface area contributed by atoms with Crippen LogP contribution in [0.5, 0.6) is 17.2 Å². The van der Waals surface area contributed by atoms with Crippen LogP contribution in [0.1, 0.15) is 31.2 Å². The summed E-state index contributed by atoms with van der Waals surface area (Å²) in [5.74, 6) is 2.40. The van der Waals surface area contributed by atoms with Crippen LogP contribution in [-0.2, 0) is 0 Å². The first-order valence-electron chi connectivity index (χ1n) is 6.39. The number of hydrogen-bond acceptors (Lipinski definition) is 3. The molecular weight excluding hydrogens is 264 g/mol. The quantitative estimate of drug-likeness (QED) is 0.764. The Hall–Kier alpha value is -1.09. The molecule has 0 bridgehead atoms. The number of halogens is 1. The molecule has 0 amide bonds. The first-order chi connectivity index (χ1) is 8.96. The normalized spacial score (nSPS) is 21.7. The fourth-order valence-electron chi connectivity index (χ4n) is 2.57. The predicted octanol–water partition coefficient (Wildman–Crippen LogP) is 4.04. The van der Waals surface area contributed by atoms with Gasteiger partial charge in [0.1, 0.15) is 0 Å². The minimum absolute atomic E-state index is 0.0650. The molecule has 0 heterocycles. The molecule has 2 atom stereocenters. The number of rotatable bonds is 5. The van der Waals surface area contributed by atoms with Crippen LogP contribution in [0.25, 0.3) is 0 Å². The van der Waals surface area contributed by atoms with Gasteiger partial charge in [-0.2, -0.15) is 0 Å². The zero-order valence-electron chi connectivity index (χ0n) is 12.1. The van der Waals surface area contributed by atoms with E-state index in [9.17, 15) is 0 Å². The SMILES string of the molecule is COc1ccc(C(Cl)C2CC2(C)C)c(OC)c1OC. The van der Waals surface area contributed by atoms with Crippen LogP contribution in [0.4, 0.5) is 0 Å². The lowest BCUT2D eigenvalue weighted by molar-refractivity contribution is 0.321. The topological polar surface area (TPSA) is 27.7 Å². The summed E-state index contributed by atoms with van der Waals surface area (Å²) < 4.78 is 16.2. The third-order valence-electron chi connectivity index (χ3n) is 3.97. The lowest BCUT2D eigenvalue weighted by atomic mass is 10.0. The van der Waals surface area contributed by atoms with Crippen LogP contribution >= 0.6 is 11.6 Å². The smallest absolute Gasteiger partial charge is 0.203 e. The Morgan fingerprint density at radius 3 is 2.11 bits per heavy atom. The molecule has 1 aromatic carbocycles. The molecule has 1 aliphatic rings. The van der Waals surface area contributed by atoms with Gasteiger partial charge >= 0.3 is 0 Å². The average Bonchev–Trinajstić information content (AvgIpc) is 3.04. The highest BCUT2D eigenvalue weighted by Gasteiger charge is 2.50. The van der Waals surface area contributed by atoms with Gasteiger partial charge in [-0.3, -0.25) is 0 Å². The number of methoxy groups -OCH3 is 3. The van der Waals surface area contributed by atoms with Gasteiger partial charge in [-0.1, -0.05) is 13.8 Å². The van der Waals surface area contributed by atoms with Crippen LogP contribution in [0.2, 0.25) is 0 Å². The summed E-state index contributed by atoms with van der Waals surface area (Å²) in [6.07, 6.45) is 1.14. The fraction of sp³-hybridized carbons (Fsp3) is 0.600. The minimum Gasteiger partial charge on any atom is -0.493 e. The summed E-state index contributed by atoms with van der Waals surface area (Å²) in [4.78, 5) is 0. The predicted molar refractivity (Wildman–Crippen MR) is 76.6 cm³/mol. The third-order valence-corrected chi connectivity index (χ3v) is 4.51. The van der Waals surface area contributed by atoms with Crippen LogP contribution < -0.4 is 14.2 Å². The number of alkyl halides is 1. The van der Waals surface area contributed by atoms with Gasteiger partial charge in [0.2, 0.25) is 5.75 Å². The molecule has 0 N–H and O–H groups in total. The van der Waals surface area contributed by atoms with Crippen LogP contribution in [0.15, 0.2) is 12.1 Å². The zero-order valence-corrected chi connectivity index (χ0v) is 12.9. The van der Waals surface area contributed by atoms with Crippen molar-refractivity contribution < 1.29 is 14.2 Å². The van der Waals surface area contributed by atoms with E-state index >= 15 is 0 Å². The highest BCUT2D eigenvalue weighted by Crippen LogP contribution is 2.61. The van der Waals surface area contributed by atoms with Crippen molar-refractivity contribution in [3.63, 3.8) is 0 Å². The third kappa shape index (κ3) is 2.48. The molecular formula is C15H21ClO3. The largest absolute Gasteiger partial charge is 0.493 e.